The molecule has 19 heavy (non-hydrogen) atoms. The standard InChI is InChI=1S/C13H21ClN2O2S/c1-3-15-8-5-9-19(17,18)16-11(2)12-6-4-7-13(14)10-12/h4,6-7,10-11,15-16H,3,5,8-9H2,1-2H3. The van der Waals surface area contributed by atoms with E-state index in [4.69, 9.17) is 11.6 Å². The first kappa shape index (κ1) is 16.4. The molecule has 1 rings (SSSR count). The van der Waals surface area contributed by atoms with Crippen LogP contribution in [-0.4, -0.2) is 27.3 Å². The fourth-order valence-electron chi connectivity index (χ4n) is 1.74. The smallest absolute Gasteiger partial charge is 0.212 e. The lowest BCUT2D eigenvalue weighted by atomic mass is 10.1. The van der Waals surface area contributed by atoms with Gasteiger partial charge in [-0.05, 0) is 44.1 Å². The Hall–Kier alpha value is -0.620. The van der Waals surface area contributed by atoms with E-state index in [2.05, 4.69) is 10.0 Å². The Morgan fingerprint density at radius 1 is 1.37 bits per heavy atom. The van der Waals surface area contributed by atoms with Crippen molar-refractivity contribution in [1.82, 2.24) is 10.0 Å². The Morgan fingerprint density at radius 3 is 2.74 bits per heavy atom. The van der Waals surface area contributed by atoms with Crippen molar-refractivity contribution in [1.29, 1.82) is 0 Å². The van der Waals surface area contributed by atoms with Crippen LogP contribution in [0.15, 0.2) is 24.3 Å². The van der Waals surface area contributed by atoms with Gasteiger partial charge in [0.2, 0.25) is 10.0 Å². The zero-order chi connectivity index (χ0) is 14.3. The topological polar surface area (TPSA) is 58.2 Å². The Balaban J connectivity index is 2.53. The molecule has 0 heterocycles. The van der Waals surface area contributed by atoms with Gasteiger partial charge in [-0.3, -0.25) is 0 Å². The second kappa shape index (κ2) is 7.85. The van der Waals surface area contributed by atoms with E-state index in [1.807, 2.05) is 26.0 Å². The van der Waals surface area contributed by atoms with Crippen LogP contribution in [0.2, 0.25) is 5.02 Å². The molecule has 0 fully saturated rings. The van der Waals surface area contributed by atoms with Crippen LogP contribution in [0.1, 0.15) is 31.9 Å². The van der Waals surface area contributed by atoms with Gasteiger partial charge >= 0.3 is 0 Å². The van der Waals surface area contributed by atoms with Crippen molar-refractivity contribution in [3.8, 4) is 0 Å². The minimum atomic E-state index is -3.26. The van der Waals surface area contributed by atoms with Crippen LogP contribution in [0.4, 0.5) is 0 Å². The fourth-order valence-corrected chi connectivity index (χ4v) is 3.25. The van der Waals surface area contributed by atoms with Gasteiger partial charge in [-0.25, -0.2) is 13.1 Å². The van der Waals surface area contributed by atoms with Crippen molar-refractivity contribution in [3.05, 3.63) is 34.9 Å². The molecule has 108 valence electrons. The molecular weight excluding hydrogens is 284 g/mol. The quantitative estimate of drug-likeness (QED) is 0.725. The molecule has 0 bridgehead atoms. The zero-order valence-corrected chi connectivity index (χ0v) is 12.9. The van der Waals surface area contributed by atoms with Crippen LogP contribution in [0.5, 0.6) is 0 Å². The average molecular weight is 305 g/mol. The van der Waals surface area contributed by atoms with Crippen molar-refractivity contribution in [2.45, 2.75) is 26.3 Å². The van der Waals surface area contributed by atoms with Crippen LogP contribution >= 0.6 is 11.6 Å². The van der Waals surface area contributed by atoms with E-state index in [-0.39, 0.29) is 11.8 Å². The summed E-state index contributed by atoms with van der Waals surface area (Å²) in [4.78, 5) is 0. The number of sulfonamides is 1. The van der Waals surface area contributed by atoms with Gasteiger partial charge < -0.3 is 5.32 Å². The maximum Gasteiger partial charge on any atom is 0.212 e. The first-order chi connectivity index (χ1) is 8.94. The Morgan fingerprint density at radius 2 is 2.11 bits per heavy atom. The highest BCUT2D eigenvalue weighted by Crippen LogP contribution is 2.18. The summed E-state index contributed by atoms with van der Waals surface area (Å²) < 4.78 is 26.4. The van der Waals surface area contributed by atoms with E-state index in [1.54, 1.807) is 12.1 Å². The zero-order valence-electron chi connectivity index (χ0n) is 11.3. The summed E-state index contributed by atoms with van der Waals surface area (Å²) in [6.07, 6.45) is 0.603. The molecule has 0 spiro atoms. The van der Waals surface area contributed by atoms with E-state index in [1.165, 1.54) is 0 Å². The molecule has 0 radical (unpaired) electrons. The van der Waals surface area contributed by atoms with Crippen molar-refractivity contribution >= 4 is 21.6 Å². The van der Waals surface area contributed by atoms with Gasteiger partial charge in [0.25, 0.3) is 0 Å². The third kappa shape index (κ3) is 6.38. The van der Waals surface area contributed by atoms with Crippen molar-refractivity contribution < 1.29 is 8.42 Å². The van der Waals surface area contributed by atoms with E-state index >= 15 is 0 Å². The summed E-state index contributed by atoms with van der Waals surface area (Å²) in [7, 11) is -3.26. The first-order valence-electron chi connectivity index (χ1n) is 6.41. The van der Waals surface area contributed by atoms with E-state index in [0.29, 0.717) is 18.0 Å². The molecule has 0 saturated heterocycles. The molecule has 6 heteroatoms. The van der Waals surface area contributed by atoms with Gasteiger partial charge in [-0.15, -0.1) is 0 Å². The first-order valence-corrected chi connectivity index (χ1v) is 8.44. The van der Waals surface area contributed by atoms with Gasteiger partial charge in [0, 0.05) is 11.1 Å². The Labute approximate surface area is 120 Å². The molecule has 1 aromatic rings. The summed E-state index contributed by atoms with van der Waals surface area (Å²) in [5.41, 5.74) is 0.864. The molecule has 0 aliphatic heterocycles. The lowest BCUT2D eigenvalue weighted by molar-refractivity contribution is 0.562. The van der Waals surface area contributed by atoms with Crippen LogP contribution in [0, 0.1) is 0 Å². The third-order valence-electron chi connectivity index (χ3n) is 2.72. The SMILES string of the molecule is CCNCCCS(=O)(=O)NC(C)c1cccc(Cl)c1. The molecule has 0 aliphatic carbocycles. The van der Waals surface area contributed by atoms with Gasteiger partial charge in [0.15, 0.2) is 0 Å². The molecule has 1 unspecified atom stereocenters. The third-order valence-corrected chi connectivity index (χ3v) is 4.50. The van der Waals surface area contributed by atoms with E-state index in [9.17, 15) is 8.42 Å². The number of rotatable bonds is 8. The maximum atomic E-state index is 11.9. The van der Waals surface area contributed by atoms with E-state index in [0.717, 1.165) is 12.1 Å². The van der Waals surface area contributed by atoms with Crippen molar-refractivity contribution in [2.75, 3.05) is 18.8 Å². The molecule has 2 N–H and O–H groups in total. The molecule has 0 aromatic heterocycles. The summed E-state index contributed by atoms with van der Waals surface area (Å²) in [5, 5.41) is 3.71. The predicted molar refractivity (Wildman–Crippen MR) is 80.0 cm³/mol. The van der Waals surface area contributed by atoms with Crippen LogP contribution in [0.25, 0.3) is 0 Å². The molecule has 0 amide bonds. The van der Waals surface area contributed by atoms with Crippen molar-refractivity contribution in [3.63, 3.8) is 0 Å². The van der Waals surface area contributed by atoms with E-state index < -0.39 is 10.0 Å². The van der Waals surface area contributed by atoms with Crippen LogP contribution in [0.3, 0.4) is 0 Å². The van der Waals surface area contributed by atoms with Gasteiger partial charge in [-0.1, -0.05) is 30.7 Å². The number of hydrogen-bond donors (Lipinski definition) is 2. The monoisotopic (exact) mass is 304 g/mol. The largest absolute Gasteiger partial charge is 0.317 e. The molecular formula is C13H21ClN2O2S. The molecule has 0 saturated carbocycles. The highest BCUT2D eigenvalue weighted by atomic mass is 35.5. The number of nitrogens with one attached hydrogen (secondary N) is 2. The molecule has 4 nitrogen and oxygen atoms in total. The molecule has 1 atom stereocenters. The minimum absolute atomic E-state index is 0.130. The lowest BCUT2D eigenvalue weighted by Crippen LogP contribution is -2.30. The minimum Gasteiger partial charge on any atom is -0.317 e. The molecule has 1 aromatic carbocycles. The summed E-state index contributed by atoms with van der Waals surface area (Å²) in [6.45, 7) is 5.37. The summed E-state index contributed by atoms with van der Waals surface area (Å²) in [6, 6.07) is 6.93. The Kier molecular flexibility index (Phi) is 6.79. The van der Waals surface area contributed by atoms with Crippen LogP contribution < -0.4 is 10.0 Å². The van der Waals surface area contributed by atoms with Gasteiger partial charge in [0.1, 0.15) is 0 Å². The summed E-state index contributed by atoms with van der Waals surface area (Å²) in [5.74, 6) is 0.130. The average Bonchev–Trinajstić information content (AvgIpc) is 2.34. The highest BCUT2D eigenvalue weighted by molar-refractivity contribution is 7.89. The Bertz CT molecular complexity index is 491. The highest BCUT2D eigenvalue weighted by Gasteiger charge is 2.15. The maximum absolute atomic E-state index is 11.9. The normalized spacial score (nSPS) is 13.4. The predicted octanol–water partition coefficient (Wildman–Crippen LogP) is 2.32. The molecule has 0 aliphatic rings. The van der Waals surface area contributed by atoms with Crippen molar-refractivity contribution in [2.24, 2.45) is 0 Å². The van der Waals surface area contributed by atoms with Gasteiger partial charge in [-0.2, -0.15) is 0 Å². The van der Waals surface area contributed by atoms with Crippen LogP contribution in [-0.2, 0) is 10.0 Å². The number of benzene rings is 1. The summed E-state index contributed by atoms with van der Waals surface area (Å²) >= 11 is 5.89. The number of hydrogen-bond acceptors (Lipinski definition) is 3. The fraction of sp³-hybridized carbons (Fsp3) is 0.538. The lowest BCUT2D eigenvalue weighted by Gasteiger charge is -2.15. The number of halogens is 1. The second-order valence-corrected chi connectivity index (χ2v) is 6.73. The van der Waals surface area contributed by atoms with Gasteiger partial charge in [0.05, 0.1) is 5.75 Å². The second-order valence-electron chi connectivity index (χ2n) is 4.42.